The number of hydrogen-bond acceptors (Lipinski definition) is 6. The van der Waals surface area contributed by atoms with E-state index in [4.69, 9.17) is 32.7 Å². The van der Waals surface area contributed by atoms with Gasteiger partial charge in [-0.1, -0.05) is 23.2 Å². The predicted octanol–water partition coefficient (Wildman–Crippen LogP) is 4.59. The topological polar surface area (TPSA) is 93.1 Å². The van der Waals surface area contributed by atoms with Crippen LogP contribution < -0.4 is 0 Å². The highest BCUT2D eigenvalue weighted by molar-refractivity contribution is 6.32. The Morgan fingerprint density at radius 1 is 0.741 bits per heavy atom. The Hall–Kier alpha value is -2.44. The van der Waals surface area contributed by atoms with Crippen molar-refractivity contribution in [1.82, 2.24) is 0 Å². The molecule has 8 heteroatoms. The van der Waals surface area contributed by atoms with Crippen LogP contribution in [0, 0.1) is 0 Å². The van der Waals surface area contributed by atoms with E-state index in [-0.39, 0.29) is 45.9 Å². The average Bonchev–Trinajstić information content (AvgIpc) is 2.65. The number of benzene rings is 2. The molecule has 0 saturated carbocycles. The Labute approximate surface area is 166 Å². The number of rotatable bonds is 8. The molecule has 2 aromatic rings. The third-order valence-corrected chi connectivity index (χ3v) is 4.23. The van der Waals surface area contributed by atoms with Crippen LogP contribution in [0.5, 0.6) is 11.5 Å². The maximum Gasteiger partial charge on any atom is 0.338 e. The summed E-state index contributed by atoms with van der Waals surface area (Å²) in [7, 11) is 0. The van der Waals surface area contributed by atoms with Crippen molar-refractivity contribution in [2.45, 2.75) is 19.3 Å². The first-order valence-corrected chi connectivity index (χ1v) is 8.95. The van der Waals surface area contributed by atoms with Crippen molar-refractivity contribution in [3.8, 4) is 11.5 Å². The molecule has 0 spiro atoms. The van der Waals surface area contributed by atoms with E-state index in [0.717, 1.165) is 0 Å². The van der Waals surface area contributed by atoms with E-state index in [1.807, 2.05) is 0 Å². The van der Waals surface area contributed by atoms with Crippen LogP contribution in [0.2, 0.25) is 10.0 Å². The van der Waals surface area contributed by atoms with E-state index in [9.17, 15) is 19.8 Å². The number of esters is 2. The lowest BCUT2D eigenvalue weighted by Gasteiger charge is -2.07. The lowest BCUT2D eigenvalue weighted by molar-refractivity contribution is 0.0478. The molecule has 0 fully saturated rings. The SMILES string of the molecule is O=C(OCCCCCOC(=O)c1ccc(O)c(Cl)c1)c1ccc(O)c(Cl)c1. The van der Waals surface area contributed by atoms with E-state index in [1.54, 1.807) is 0 Å². The van der Waals surface area contributed by atoms with Crippen LogP contribution >= 0.6 is 23.2 Å². The number of carbonyl (C=O) groups is 2. The second kappa shape index (κ2) is 10.0. The van der Waals surface area contributed by atoms with Crippen molar-refractivity contribution in [3.05, 3.63) is 57.6 Å². The van der Waals surface area contributed by atoms with E-state index in [1.165, 1.54) is 36.4 Å². The van der Waals surface area contributed by atoms with Crippen LogP contribution in [0.4, 0.5) is 0 Å². The number of hydrogen-bond donors (Lipinski definition) is 2. The molecular weight excluding hydrogens is 395 g/mol. The second-order valence-corrected chi connectivity index (χ2v) is 6.48. The van der Waals surface area contributed by atoms with Crippen molar-refractivity contribution in [3.63, 3.8) is 0 Å². The third-order valence-electron chi connectivity index (χ3n) is 3.62. The molecule has 0 atom stereocenters. The molecule has 27 heavy (non-hydrogen) atoms. The molecule has 0 saturated heterocycles. The molecule has 0 bridgehead atoms. The fourth-order valence-corrected chi connectivity index (χ4v) is 2.51. The highest BCUT2D eigenvalue weighted by Crippen LogP contribution is 2.24. The molecule has 0 radical (unpaired) electrons. The average molecular weight is 413 g/mol. The number of unbranched alkanes of at least 4 members (excludes halogenated alkanes) is 2. The summed E-state index contributed by atoms with van der Waals surface area (Å²) in [4.78, 5) is 23.7. The van der Waals surface area contributed by atoms with Crippen LogP contribution in [0.3, 0.4) is 0 Å². The molecule has 2 rings (SSSR count). The summed E-state index contributed by atoms with van der Waals surface area (Å²) in [5.74, 6) is -1.24. The summed E-state index contributed by atoms with van der Waals surface area (Å²) in [5, 5.41) is 18.8. The number of phenolic OH excluding ortho intramolecular Hbond substituents is 2. The van der Waals surface area contributed by atoms with Crippen LogP contribution in [0.15, 0.2) is 36.4 Å². The number of ether oxygens (including phenoxy) is 2. The van der Waals surface area contributed by atoms with Crippen molar-refractivity contribution >= 4 is 35.1 Å². The zero-order valence-corrected chi connectivity index (χ0v) is 15.8. The smallest absolute Gasteiger partial charge is 0.338 e. The molecule has 2 aromatic carbocycles. The van der Waals surface area contributed by atoms with Gasteiger partial charge in [-0.05, 0) is 55.7 Å². The van der Waals surface area contributed by atoms with Gasteiger partial charge in [0, 0.05) is 0 Å². The van der Waals surface area contributed by atoms with Gasteiger partial charge in [0.1, 0.15) is 11.5 Å². The second-order valence-electron chi connectivity index (χ2n) is 5.66. The summed E-state index contributed by atoms with van der Waals surface area (Å²) in [6.07, 6.45) is 1.92. The van der Waals surface area contributed by atoms with E-state index >= 15 is 0 Å². The molecular formula is C19H18Cl2O6. The largest absolute Gasteiger partial charge is 0.506 e. The molecule has 0 unspecified atom stereocenters. The minimum atomic E-state index is -0.521. The lowest BCUT2D eigenvalue weighted by atomic mass is 10.2. The Bertz CT molecular complexity index is 754. The van der Waals surface area contributed by atoms with Gasteiger partial charge in [-0.25, -0.2) is 9.59 Å². The van der Waals surface area contributed by atoms with Gasteiger partial charge in [0.15, 0.2) is 0 Å². The number of carbonyl (C=O) groups excluding carboxylic acids is 2. The van der Waals surface area contributed by atoms with Gasteiger partial charge in [-0.15, -0.1) is 0 Å². The van der Waals surface area contributed by atoms with E-state index in [2.05, 4.69) is 0 Å². The Balaban J connectivity index is 1.61. The molecule has 0 amide bonds. The highest BCUT2D eigenvalue weighted by atomic mass is 35.5. The van der Waals surface area contributed by atoms with E-state index < -0.39 is 11.9 Å². The Kier molecular flexibility index (Phi) is 7.76. The zero-order valence-electron chi connectivity index (χ0n) is 14.3. The first-order valence-electron chi connectivity index (χ1n) is 8.20. The monoisotopic (exact) mass is 412 g/mol. The normalized spacial score (nSPS) is 10.4. The summed E-state index contributed by atoms with van der Waals surface area (Å²) >= 11 is 11.5. The highest BCUT2D eigenvalue weighted by Gasteiger charge is 2.11. The molecule has 0 aliphatic rings. The van der Waals surface area contributed by atoms with Crippen molar-refractivity contribution in [2.75, 3.05) is 13.2 Å². The predicted molar refractivity (Wildman–Crippen MR) is 101 cm³/mol. The van der Waals surface area contributed by atoms with Gasteiger partial charge >= 0.3 is 11.9 Å². The summed E-state index contributed by atoms with van der Waals surface area (Å²) in [6.45, 7) is 0.442. The minimum absolute atomic E-state index is 0.0844. The Morgan fingerprint density at radius 3 is 1.52 bits per heavy atom. The minimum Gasteiger partial charge on any atom is -0.506 e. The zero-order chi connectivity index (χ0) is 19.8. The fraction of sp³-hybridized carbons (Fsp3) is 0.263. The van der Waals surface area contributed by atoms with Crippen molar-refractivity contribution in [2.24, 2.45) is 0 Å². The van der Waals surface area contributed by atoms with Gasteiger partial charge in [0.05, 0.1) is 34.4 Å². The van der Waals surface area contributed by atoms with Crippen LogP contribution in [0.25, 0.3) is 0 Å². The van der Waals surface area contributed by atoms with Gasteiger partial charge in [-0.3, -0.25) is 0 Å². The molecule has 0 aliphatic heterocycles. The van der Waals surface area contributed by atoms with Crippen molar-refractivity contribution in [1.29, 1.82) is 0 Å². The molecule has 6 nitrogen and oxygen atoms in total. The molecule has 0 heterocycles. The van der Waals surface area contributed by atoms with Gasteiger partial charge in [0.25, 0.3) is 0 Å². The molecule has 2 N–H and O–H groups in total. The Morgan fingerprint density at radius 2 is 1.15 bits per heavy atom. The number of aromatic hydroxyl groups is 2. The van der Waals surface area contributed by atoms with E-state index in [0.29, 0.717) is 19.3 Å². The molecule has 144 valence electrons. The fourth-order valence-electron chi connectivity index (χ4n) is 2.15. The third kappa shape index (κ3) is 6.34. The van der Waals surface area contributed by atoms with Gasteiger partial charge < -0.3 is 19.7 Å². The number of phenols is 2. The first kappa shape index (κ1) is 20.9. The maximum absolute atomic E-state index is 11.8. The summed E-state index contributed by atoms with van der Waals surface area (Å²) in [5.41, 5.74) is 0.526. The standard InChI is InChI=1S/C19H18Cl2O6/c20-14-10-12(4-6-16(14)22)18(24)26-8-2-1-3-9-27-19(25)13-5-7-17(23)15(21)11-13/h4-7,10-11,22-23H,1-3,8-9H2. The summed E-state index contributed by atoms with van der Waals surface area (Å²) < 4.78 is 10.2. The molecule has 0 aromatic heterocycles. The maximum atomic E-state index is 11.8. The quantitative estimate of drug-likeness (QED) is 0.486. The van der Waals surface area contributed by atoms with Crippen LogP contribution in [-0.4, -0.2) is 35.4 Å². The first-order chi connectivity index (χ1) is 12.9. The van der Waals surface area contributed by atoms with Crippen LogP contribution in [-0.2, 0) is 9.47 Å². The van der Waals surface area contributed by atoms with Gasteiger partial charge in [0.2, 0.25) is 0 Å². The van der Waals surface area contributed by atoms with Crippen LogP contribution in [0.1, 0.15) is 40.0 Å². The number of halogens is 2. The summed E-state index contributed by atoms with van der Waals surface area (Å²) in [6, 6.07) is 8.20. The lowest BCUT2D eigenvalue weighted by Crippen LogP contribution is -2.08. The van der Waals surface area contributed by atoms with Gasteiger partial charge in [-0.2, -0.15) is 0 Å². The van der Waals surface area contributed by atoms with Crippen molar-refractivity contribution < 1.29 is 29.3 Å². The molecule has 0 aliphatic carbocycles.